The summed E-state index contributed by atoms with van der Waals surface area (Å²) in [6.07, 6.45) is -1.24. The molecule has 0 spiro atoms. The normalized spacial score (nSPS) is 13.7. The summed E-state index contributed by atoms with van der Waals surface area (Å²) in [4.78, 5) is 36.8. The molecule has 3 aromatic carbocycles. The molecular weight excluding hydrogens is 654 g/mol. The van der Waals surface area contributed by atoms with E-state index in [1.54, 1.807) is 72.9 Å². The van der Waals surface area contributed by atoms with Gasteiger partial charge in [0.15, 0.2) is 17.8 Å². The van der Waals surface area contributed by atoms with Crippen LogP contribution in [-0.4, -0.2) is 74.5 Å². The van der Waals surface area contributed by atoms with E-state index in [2.05, 4.69) is 16.8 Å². The number of nitrogens with zero attached hydrogens (tertiary/aromatic N) is 3. The summed E-state index contributed by atoms with van der Waals surface area (Å²) in [5, 5.41) is 56.3. The number of carboxylic acids is 2. The van der Waals surface area contributed by atoms with Crippen LogP contribution in [0.25, 0.3) is 22.0 Å². The largest absolute Gasteiger partial charge is 0.479 e. The number of hydrogen-bond acceptors (Lipinski definition) is 8. The Morgan fingerprint density at radius 1 is 0.878 bits per heavy atom. The van der Waals surface area contributed by atoms with Crippen LogP contribution >= 0.6 is 11.6 Å². The number of aryl methyl sites for hydroxylation is 2. The molecule has 5 aromatic rings. The predicted molar refractivity (Wildman–Crippen MR) is 182 cm³/mol. The van der Waals surface area contributed by atoms with Crippen molar-refractivity contribution in [2.45, 2.75) is 37.3 Å². The fourth-order valence-electron chi connectivity index (χ4n) is 5.04. The first-order chi connectivity index (χ1) is 22.9. The second kappa shape index (κ2) is 14.4. The number of pyridine rings is 1. The number of rotatable bonds is 7. The number of hydrogen-bond donors (Lipinski definition) is 6. The average molecular weight is 688 g/mol. The minimum atomic E-state index is -2.27. The number of aromatic nitrogens is 3. The maximum absolute atomic E-state index is 13.0. The zero-order chi connectivity index (χ0) is 36.3. The van der Waals surface area contributed by atoms with Gasteiger partial charge in [-0.3, -0.25) is 4.79 Å². The van der Waals surface area contributed by atoms with Gasteiger partial charge in [0.25, 0.3) is 5.56 Å². The molecule has 5 rings (SSSR count). The number of aliphatic hydroxyl groups is 4. The van der Waals surface area contributed by atoms with E-state index in [-0.39, 0.29) is 5.56 Å². The second-order valence-corrected chi connectivity index (χ2v) is 12.2. The summed E-state index contributed by atoms with van der Waals surface area (Å²) in [7, 11) is 3.56. The number of halogens is 1. The van der Waals surface area contributed by atoms with Crippen molar-refractivity contribution in [3.05, 3.63) is 123 Å². The van der Waals surface area contributed by atoms with E-state index in [0.717, 1.165) is 16.5 Å². The molecule has 254 valence electrons. The van der Waals surface area contributed by atoms with E-state index in [9.17, 15) is 24.6 Å². The first-order valence-corrected chi connectivity index (χ1v) is 15.1. The van der Waals surface area contributed by atoms with E-state index < -0.39 is 35.3 Å². The van der Waals surface area contributed by atoms with Gasteiger partial charge in [-0.15, -0.1) is 0 Å². The molecule has 0 saturated heterocycles. The molecule has 2 aromatic heterocycles. The monoisotopic (exact) mass is 687 g/mol. The van der Waals surface area contributed by atoms with Gasteiger partial charge < -0.3 is 39.8 Å². The first kappa shape index (κ1) is 36.5. The van der Waals surface area contributed by atoms with Gasteiger partial charge in [0.2, 0.25) is 0 Å². The van der Waals surface area contributed by atoms with Crippen molar-refractivity contribution in [1.82, 2.24) is 14.1 Å². The van der Waals surface area contributed by atoms with Gasteiger partial charge in [0, 0.05) is 36.1 Å². The molecule has 13 heteroatoms. The number of aliphatic hydroxyl groups excluding tert-OH is 2. The van der Waals surface area contributed by atoms with Crippen LogP contribution in [0, 0.1) is 11.8 Å². The van der Waals surface area contributed by atoms with E-state index in [1.165, 1.54) is 0 Å². The summed E-state index contributed by atoms with van der Waals surface area (Å²) < 4.78 is 3.37. The van der Waals surface area contributed by atoms with Crippen LogP contribution in [0.15, 0.2) is 90.1 Å². The summed E-state index contributed by atoms with van der Waals surface area (Å²) in [5.74, 6) is 2.31. The molecule has 2 heterocycles. The summed E-state index contributed by atoms with van der Waals surface area (Å²) >= 11 is 6.17. The SMILES string of the molecule is Cn1cncc1C(O)(c1ccc(Cl)cc1)c1ccc2c(c1)c(-c1cccc(C#CC(C)(C)O)c1)cc(=O)n2C.O=C(O)C(O)C(O)C(=O)O. The minimum absolute atomic E-state index is 0.155. The predicted octanol–water partition coefficient (Wildman–Crippen LogP) is 2.88. The lowest BCUT2D eigenvalue weighted by Gasteiger charge is -2.30. The zero-order valence-electron chi connectivity index (χ0n) is 26.9. The molecule has 0 bridgehead atoms. The third kappa shape index (κ3) is 8.06. The Morgan fingerprint density at radius 2 is 1.49 bits per heavy atom. The van der Waals surface area contributed by atoms with E-state index >= 15 is 0 Å². The highest BCUT2D eigenvalue weighted by Crippen LogP contribution is 2.39. The standard InChI is InChI=1S/C32H28ClN3O3.C4H6O6/c1-31(2,38)15-14-21-6-5-7-22(16-21)26-18-30(37)36(4)28-13-10-24(17-27(26)28)32(39,29-19-34-20-35(29)3)23-8-11-25(33)12-9-23;5-1(3(7)8)2(6)4(9)10/h5-13,16-20,38-39H,1-4H3;1-2,5-6H,(H,7,8)(H,9,10). The highest BCUT2D eigenvalue weighted by Gasteiger charge is 2.37. The Labute approximate surface area is 285 Å². The Bertz CT molecular complexity index is 2120. The third-order valence-electron chi connectivity index (χ3n) is 7.61. The Morgan fingerprint density at radius 3 is 2.04 bits per heavy atom. The summed E-state index contributed by atoms with van der Waals surface area (Å²) in [6, 6.07) is 21.8. The van der Waals surface area contributed by atoms with Gasteiger partial charge in [0.05, 0.1) is 23.7 Å². The first-order valence-electron chi connectivity index (χ1n) is 14.7. The molecule has 0 saturated carbocycles. The van der Waals surface area contributed by atoms with Crippen molar-refractivity contribution in [2.75, 3.05) is 0 Å². The molecule has 49 heavy (non-hydrogen) atoms. The van der Waals surface area contributed by atoms with Gasteiger partial charge in [-0.25, -0.2) is 14.6 Å². The van der Waals surface area contributed by atoms with Crippen molar-refractivity contribution < 1.29 is 40.2 Å². The average Bonchev–Trinajstić information content (AvgIpc) is 3.50. The van der Waals surface area contributed by atoms with Crippen molar-refractivity contribution >= 4 is 34.4 Å². The highest BCUT2D eigenvalue weighted by atomic mass is 35.5. The smallest absolute Gasteiger partial charge is 0.335 e. The van der Waals surface area contributed by atoms with Crippen molar-refractivity contribution in [1.29, 1.82) is 0 Å². The Hall–Kier alpha value is -5.29. The molecule has 0 aliphatic rings. The Balaban J connectivity index is 0.000000471. The topological polar surface area (TPSA) is 195 Å². The molecule has 12 nitrogen and oxygen atoms in total. The molecule has 0 radical (unpaired) electrons. The number of carboxylic acid groups (broad SMARTS) is 2. The summed E-state index contributed by atoms with van der Waals surface area (Å²) in [5.41, 5.74) is 1.94. The fraction of sp³-hybridized carbons (Fsp3) is 0.222. The Kier molecular flexibility index (Phi) is 10.8. The van der Waals surface area contributed by atoms with Gasteiger partial charge in [0.1, 0.15) is 5.60 Å². The minimum Gasteiger partial charge on any atom is -0.479 e. The van der Waals surface area contributed by atoms with E-state index in [0.29, 0.717) is 33.0 Å². The summed E-state index contributed by atoms with van der Waals surface area (Å²) in [6.45, 7) is 3.26. The lowest BCUT2D eigenvalue weighted by Crippen LogP contribution is -2.39. The molecule has 0 aliphatic carbocycles. The van der Waals surface area contributed by atoms with Crippen LogP contribution < -0.4 is 5.56 Å². The van der Waals surface area contributed by atoms with Crippen LogP contribution in [0.4, 0.5) is 0 Å². The second-order valence-electron chi connectivity index (χ2n) is 11.8. The quantitative estimate of drug-likeness (QED) is 0.139. The molecule has 6 N–H and O–H groups in total. The van der Waals surface area contributed by atoms with Crippen molar-refractivity contribution in [3.63, 3.8) is 0 Å². The van der Waals surface area contributed by atoms with Crippen LogP contribution in [0.5, 0.6) is 0 Å². The van der Waals surface area contributed by atoms with E-state index in [1.807, 2.05) is 49.5 Å². The van der Waals surface area contributed by atoms with Crippen LogP contribution in [-0.2, 0) is 29.3 Å². The highest BCUT2D eigenvalue weighted by molar-refractivity contribution is 6.30. The van der Waals surface area contributed by atoms with Crippen molar-refractivity contribution in [2.24, 2.45) is 14.1 Å². The molecule has 3 unspecified atom stereocenters. The number of benzene rings is 3. The molecule has 0 aliphatic heterocycles. The maximum atomic E-state index is 13.0. The fourth-order valence-corrected chi connectivity index (χ4v) is 5.17. The van der Waals surface area contributed by atoms with Crippen molar-refractivity contribution in [3.8, 4) is 23.0 Å². The lowest BCUT2D eigenvalue weighted by molar-refractivity contribution is -0.165. The van der Waals surface area contributed by atoms with Gasteiger partial charge in [-0.05, 0) is 72.5 Å². The maximum Gasteiger partial charge on any atom is 0.335 e. The zero-order valence-corrected chi connectivity index (χ0v) is 27.6. The number of aliphatic carboxylic acids is 2. The lowest BCUT2D eigenvalue weighted by atomic mass is 9.82. The van der Waals surface area contributed by atoms with Crippen LogP contribution in [0.1, 0.15) is 36.2 Å². The van der Waals surface area contributed by atoms with Gasteiger partial charge in [-0.1, -0.05) is 53.8 Å². The van der Waals surface area contributed by atoms with Crippen LogP contribution in [0.3, 0.4) is 0 Å². The molecule has 0 amide bonds. The third-order valence-corrected chi connectivity index (χ3v) is 7.86. The number of fused-ring (bicyclic) bond motifs is 1. The van der Waals surface area contributed by atoms with Crippen LogP contribution in [0.2, 0.25) is 5.02 Å². The molecular formula is C36H34ClN3O9. The van der Waals surface area contributed by atoms with E-state index in [4.69, 9.17) is 32.0 Å². The number of imidazole rings is 1. The molecule has 0 fully saturated rings. The molecule has 3 atom stereocenters. The van der Waals surface area contributed by atoms with Gasteiger partial charge in [-0.2, -0.15) is 0 Å². The number of carbonyl (C=O) groups is 2. The van der Waals surface area contributed by atoms with Gasteiger partial charge >= 0.3 is 11.9 Å².